The van der Waals surface area contributed by atoms with E-state index in [1.54, 1.807) is 31.2 Å². The lowest BCUT2D eigenvalue weighted by Gasteiger charge is -2.21. The van der Waals surface area contributed by atoms with Crippen LogP contribution in [0.3, 0.4) is 0 Å². The molecule has 1 aliphatic heterocycles. The molecule has 1 saturated heterocycles. The minimum absolute atomic E-state index is 0.0984. The van der Waals surface area contributed by atoms with Crippen LogP contribution < -0.4 is 5.32 Å². The molecule has 8 nitrogen and oxygen atoms in total. The van der Waals surface area contributed by atoms with Crippen LogP contribution in [0, 0.1) is 5.92 Å². The number of imide groups is 1. The number of aryl methyl sites for hydroxylation is 1. The molecule has 2 N–H and O–H groups in total. The molecule has 2 heterocycles. The minimum Gasteiger partial charge on any atom is -0.465 e. The highest BCUT2D eigenvalue weighted by atomic mass is 16.5. The number of nitrogens with one attached hydrogen (secondary N) is 1. The number of hydrogen-bond acceptors (Lipinski definition) is 6. The van der Waals surface area contributed by atoms with Gasteiger partial charge in [-0.25, -0.2) is 9.69 Å². The fraction of sp³-hybridized carbons (Fsp3) is 0.474. The molecular weight excluding hydrogens is 348 g/mol. The number of carboxylic acid groups (broad SMARTS) is 1. The summed E-state index contributed by atoms with van der Waals surface area (Å²) < 4.78 is 5.35. The van der Waals surface area contributed by atoms with Crippen LogP contribution in [-0.4, -0.2) is 51.8 Å². The number of hydrogen-bond donors (Lipinski definition) is 2. The first kappa shape index (κ1) is 19.0. The van der Waals surface area contributed by atoms with Crippen molar-refractivity contribution in [1.29, 1.82) is 0 Å². The zero-order chi connectivity index (χ0) is 19.2. The quantitative estimate of drug-likeness (QED) is 0.802. The van der Waals surface area contributed by atoms with Crippen molar-refractivity contribution >= 4 is 12.0 Å². The number of benzene rings is 1. The van der Waals surface area contributed by atoms with Crippen LogP contribution >= 0.6 is 0 Å². The topological polar surface area (TPSA) is 109 Å². The summed E-state index contributed by atoms with van der Waals surface area (Å²) in [6.45, 7) is 3.86. The van der Waals surface area contributed by atoms with Crippen molar-refractivity contribution in [2.45, 2.75) is 32.6 Å². The highest BCUT2D eigenvalue weighted by molar-refractivity contribution is 6.02. The van der Waals surface area contributed by atoms with E-state index >= 15 is 0 Å². The van der Waals surface area contributed by atoms with Gasteiger partial charge in [-0.1, -0.05) is 17.3 Å². The molecule has 3 rings (SSSR count). The molecule has 0 aliphatic carbocycles. The fourth-order valence-electron chi connectivity index (χ4n) is 3.26. The smallest absolute Gasteiger partial charge is 0.414 e. The Kier molecular flexibility index (Phi) is 6.18. The Morgan fingerprint density at radius 1 is 1.26 bits per heavy atom. The summed E-state index contributed by atoms with van der Waals surface area (Å²) in [6.07, 6.45) is 2.91. The fourth-order valence-corrected chi connectivity index (χ4v) is 3.26. The number of carbonyl (C=O) groups excluding carboxylic acids is 1. The first-order valence-electron chi connectivity index (χ1n) is 9.27. The second-order valence-corrected chi connectivity index (χ2v) is 6.65. The molecule has 144 valence electrons. The predicted octanol–water partition coefficient (Wildman–Crippen LogP) is 2.81. The first-order valence-corrected chi connectivity index (χ1v) is 9.27. The van der Waals surface area contributed by atoms with Gasteiger partial charge in [0, 0.05) is 24.1 Å². The molecule has 0 unspecified atom stereocenters. The molecule has 0 saturated carbocycles. The lowest BCUT2D eigenvalue weighted by molar-refractivity contribution is 0.0751. The Morgan fingerprint density at radius 3 is 2.59 bits per heavy atom. The van der Waals surface area contributed by atoms with E-state index in [0.29, 0.717) is 23.2 Å². The van der Waals surface area contributed by atoms with Gasteiger partial charge in [-0.2, -0.15) is 4.98 Å². The third kappa shape index (κ3) is 4.71. The summed E-state index contributed by atoms with van der Waals surface area (Å²) in [4.78, 5) is 28.5. The number of nitrogens with zero attached hydrogens (tertiary/aromatic N) is 3. The Morgan fingerprint density at radius 2 is 1.96 bits per heavy atom. The van der Waals surface area contributed by atoms with Crippen LogP contribution in [0.5, 0.6) is 0 Å². The van der Waals surface area contributed by atoms with E-state index in [1.807, 2.05) is 0 Å². The Bertz CT molecular complexity index is 781. The molecule has 1 aromatic heterocycles. The SMILES string of the molecule is CCN(C(=O)O)C(=O)c1ccc(-c2noc(CCC3CCNCC3)n2)cc1. The second kappa shape index (κ2) is 8.77. The highest BCUT2D eigenvalue weighted by Crippen LogP contribution is 2.21. The third-order valence-electron chi connectivity index (χ3n) is 4.88. The van der Waals surface area contributed by atoms with Gasteiger partial charge in [0.25, 0.3) is 5.91 Å². The lowest BCUT2D eigenvalue weighted by Crippen LogP contribution is -2.35. The van der Waals surface area contributed by atoms with Crippen molar-refractivity contribution in [2.75, 3.05) is 19.6 Å². The van der Waals surface area contributed by atoms with Crippen molar-refractivity contribution < 1.29 is 19.2 Å². The summed E-state index contributed by atoms with van der Waals surface area (Å²) >= 11 is 0. The maximum absolute atomic E-state index is 12.2. The average molecular weight is 372 g/mol. The normalized spacial score (nSPS) is 14.9. The van der Waals surface area contributed by atoms with E-state index in [9.17, 15) is 9.59 Å². The zero-order valence-electron chi connectivity index (χ0n) is 15.4. The lowest BCUT2D eigenvalue weighted by atomic mass is 9.93. The molecule has 0 atom stereocenters. The van der Waals surface area contributed by atoms with Crippen LogP contribution in [0.2, 0.25) is 0 Å². The van der Waals surface area contributed by atoms with E-state index in [-0.39, 0.29) is 6.54 Å². The van der Waals surface area contributed by atoms with E-state index in [1.165, 1.54) is 12.8 Å². The van der Waals surface area contributed by atoms with Gasteiger partial charge >= 0.3 is 6.09 Å². The molecule has 2 aromatic rings. The monoisotopic (exact) mass is 372 g/mol. The molecular formula is C19H24N4O4. The van der Waals surface area contributed by atoms with Crippen LogP contribution in [0.15, 0.2) is 28.8 Å². The van der Waals surface area contributed by atoms with Crippen molar-refractivity contribution in [1.82, 2.24) is 20.4 Å². The highest BCUT2D eigenvalue weighted by Gasteiger charge is 2.20. The van der Waals surface area contributed by atoms with Crippen molar-refractivity contribution in [3.8, 4) is 11.4 Å². The maximum atomic E-state index is 12.2. The van der Waals surface area contributed by atoms with Crippen LogP contribution in [0.25, 0.3) is 11.4 Å². The average Bonchev–Trinajstić information content (AvgIpc) is 3.16. The van der Waals surface area contributed by atoms with Crippen molar-refractivity contribution in [2.24, 2.45) is 5.92 Å². The van der Waals surface area contributed by atoms with Gasteiger partial charge in [0.2, 0.25) is 11.7 Å². The number of amides is 2. The zero-order valence-corrected chi connectivity index (χ0v) is 15.4. The molecule has 0 bridgehead atoms. The molecule has 2 amide bonds. The largest absolute Gasteiger partial charge is 0.465 e. The Labute approximate surface area is 157 Å². The summed E-state index contributed by atoms with van der Waals surface area (Å²) in [5, 5.41) is 16.4. The Hall–Kier alpha value is -2.74. The summed E-state index contributed by atoms with van der Waals surface area (Å²) in [7, 11) is 0. The van der Waals surface area contributed by atoms with Gasteiger partial charge < -0.3 is 14.9 Å². The molecule has 0 spiro atoms. The summed E-state index contributed by atoms with van der Waals surface area (Å²) in [5.41, 5.74) is 1.03. The van der Waals surface area contributed by atoms with Crippen LogP contribution in [0.4, 0.5) is 4.79 Å². The van der Waals surface area contributed by atoms with E-state index in [0.717, 1.165) is 36.4 Å². The number of piperidine rings is 1. The van der Waals surface area contributed by atoms with Gasteiger partial charge in [-0.05, 0) is 57.3 Å². The second-order valence-electron chi connectivity index (χ2n) is 6.65. The van der Waals surface area contributed by atoms with Crippen molar-refractivity contribution in [3.05, 3.63) is 35.7 Å². The van der Waals surface area contributed by atoms with E-state index in [4.69, 9.17) is 9.63 Å². The number of rotatable bonds is 6. The molecule has 8 heteroatoms. The van der Waals surface area contributed by atoms with Crippen molar-refractivity contribution in [3.63, 3.8) is 0 Å². The Balaban J connectivity index is 1.62. The minimum atomic E-state index is -1.26. The molecule has 27 heavy (non-hydrogen) atoms. The summed E-state index contributed by atoms with van der Waals surface area (Å²) in [6, 6.07) is 6.55. The molecule has 1 fully saturated rings. The predicted molar refractivity (Wildman–Crippen MR) is 98.4 cm³/mol. The molecule has 1 aliphatic rings. The van der Waals surface area contributed by atoms with E-state index < -0.39 is 12.0 Å². The van der Waals surface area contributed by atoms with Gasteiger partial charge in [-0.3, -0.25) is 4.79 Å². The van der Waals surface area contributed by atoms with Gasteiger partial charge in [0.1, 0.15) is 0 Å². The third-order valence-corrected chi connectivity index (χ3v) is 4.88. The van der Waals surface area contributed by atoms with E-state index in [2.05, 4.69) is 15.5 Å². The van der Waals surface area contributed by atoms with Gasteiger partial charge in [0.15, 0.2) is 0 Å². The van der Waals surface area contributed by atoms with Crippen LogP contribution in [0.1, 0.15) is 42.4 Å². The number of carbonyl (C=O) groups is 2. The first-order chi connectivity index (χ1) is 13.1. The number of aromatic nitrogens is 2. The van der Waals surface area contributed by atoms with Gasteiger partial charge in [0.05, 0.1) is 0 Å². The van der Waals surface area contributed by atoms with Crippen LogP contribution in [-0.2, 0) is 6.42 Å². The molecule has 0 radical (unpaired) electrons. The van der Waals surface area contributed by atoms with Gasteiger partial charge in [-0.15, -0.1) is 0 Å². The standard InChI is InChI=1S/C19H24N4O4/c1-2-23(19(25)26)18(24)15-6-4-14(5-7-15)17-21-16(27-22-17)8-3-13-9-11-20-12-10-13/h4-7,13,20H,2-3,8-12H2,1H3,(H,25,26). The maximum Gasteiger partial charge on any atom is 0.414 e. The molecule has 1 aromatic carbocycles. The summed E-state index contributed by atoms with van der Waals surface area (Å²) in [5.74, 6) is 1.24.